The second-order valence-electron chi connectivity index (χ2n) is 5.26. The Morgan fingerprint density at radius 2 is 1.68 bits per heavy atom. The highest BCUT2D eigenvalue weighted by Gasteiger charge is 2.07. The van der Waals surface area contributed by atoms with Gasteiger partial charge in [0.05, 0.1) is 5.56 Å². The zero-order valence-electron chi connectivity index (χ0n) is 13.4. The van der Waals surface area contributed by atoms with Gasteiger partial charge in [-0.15, -0.1) is 10.2 Å². The van der Waals surface area contributed by atoms with Gasteiger partial charge in [-0.2, -0.15) is 0 Å². The van der Waals surface area contributed by atoms with Crippen LogP contribution in [0.5, 0.6) is 0 Å². The SMILES string of the molecule is CC(=O)c1cccc(Nc2ccc(NC(=O)c3cccnc3)nn2)c1. The average molecular weight is 333 g/mol. The minimum Gasteiger partial charge on any atom is -0.339 e. The van der Waals surface area contributed by atoms with E-state index in [4.69, 9.17) is 0 Å². The van der Waals surface area contributed by atoms with Crippen molar-refractivity contribution in [2.75, 3.05) is 10.6 Å². The number of Topliss-reactive ketones (excluding diaryl/α,β-unsaturated/α-hetero) is 1. The Morgan fingerprint density at radius 3 is 2.36 bits per heavy atom. The summed E-state index contributed by atoms with van der Waals surface area (Å²) in [4.78, 5) is 27.3. The summed E-state index contributed by atoms with van der Waals surface area (Å²) in [5, 5.41) is 13.7. The minimum atomic E-state index is -0.308. The highest BCUT2D eigenvalue weighted by molar-refractivity contribution is 6.03. The van der Waals surface area contributed by atoms with Gasteiger partial charge in [-0.05, 0) is 43.3 Å². The van der Waals surface area contributed by atoms with Crippen molar-refractivity contribution in [2.45, 2.75) is 6.92 Å². The van der Waals surface area contributed by atoms with Crippen LogP contribution in [0, 0.1) is 0 Å². The Balaban J connectivity index is 1.67. The molecule has 2 aromatic heterocycles. The number of hydrogen-bond donors (Lipinski definition) is 2. The summed E-state index contributed by atoms with van der Waals surface area (Å²) in [7, 11) is 0. The molecule has 0 fully saturated rings. The molecule has 0 saturated carbocycles. The third kappa shape index (κ3) is 4.23. The predicted molar refractivity (Wildman–Crippen MR) is 94.0 cm³/mol. The van der Waals surface area contributed by atoms with Crippen LogP contribution in [0.4, 0.5) is 17.3 Å². The maximum atomic E-state index is 12.0. The largest absolute Gasteiger partial charge is 0.339 e. The molecule has 0 bridgehead atoms. The minimum absolute atomic E-state index is 0.0109. The van der Waals surface area contributed by atoms with E-state index in [0.29, 0.717) is 22.8 Å². The number of amides is 1. The van der Waals surface area contributed by atoms with Crippen LogP contribution >= 0.6 is 0 Å². The number of aromatic nitrogens is 3. The van der Waals surface area contributed by atoms with Crippen molar-refractivity contribution in [3.8, 4) is 0 Å². The van der Waals surface area contributed by atoms with Gasteiger partial charge < -0.3 is 10.6 Å². The molecule has 7 heteroatoms. The molecule has 0 atom stereocenters. The number of anilines is 3. The molecule has 2 heterocycles. The summed E-state index contributed by atoms with van der Waals surface area (Å²) >= 11 is 0. The molecule has 1 amide bonds. The molecule has 0 spiro atoms. The first kappa shape index (κ1) is 16.3. The van der Waals surface area contributed by atoms with Crippen molar-refractivity contribution in [1.82, 2.24) is 15.2 Å². The number of carbonyl (C=O) groups is 2. The summed E-state index contributed by atoms with van der Waals surface area (Å²) in [5.74, 6) is 0.512. The van der Waals surface area contributed by atoms with Crippen LogP contribution < -0.4 is 10.6 Å². The number of pyridine rings is 1. The van der Waals surface area contributed by atoms with Crippen molar-refractivity contribution >= 4 is 29.0 Å². The Bertz CT molecular complexity index is 895. The number of ketones is 1. The summed E-state index contributed by atoms with van der Waals surface area (Å²) in [6, 6.07) is 13.8. The van der Waals surface area contributed by atoms with Crippen LogP contribution in [0.25, 0.3) is 0 Å². The van der Waals surface area contributed by atoms with Gasteiger partial charge in [0.15, 0.2) is 17.4 Å². The van der Waals surface area contributed by atoms with Crippen molar-refractivity contribution in [2.24, 2.45) is 0 Å². The summed E-state index contributed by atoms with van der Waals surface area (Å²) in [6.07, 6.45) is 3.07. The Kier molecular flexibility index (Phi) is 4.75. The van der Waals surface area contributed by atoms with E-state index in [1.165, 1.54) is 13.1 Å². The van der Waals surface area contributed by atoms with Crippen LogP contribution in [0.3, 0.4) is 0 Å². The van der Waals surface area contributed by atoms with Crippen LogP contribution in [-0.2, 0) is 0 Å². The van der Waals surface area contributed by atoms with Gasteiger partial charge in [-0.3, -0.25) is 14.6 Å². The lowest BCUT2D eigenvalue weighted by Crippen LogP contribution is -2.13. The number of carbonyl (C=O) groups excluding carboxylic acids is 2. The van der Waals surface area contributed by atoms with Crippen molar-refractivity contribution in [1.29, 1.82) is 0 Å². The molecule has 1 aromatic carbocycles. The first-order valence-electron chi connectivity index (χ1n) is 7.55. The topological polar surface area (TPSA) is 96.9 Å². The van der Waals surface area contributed by atoms with Crippen molar-refractivity contribution in [3.05, 3.63) is 72.1 Å². The quantitative estimate of drug-likeness (QED) is 0.697. The Morgan fingerprint density at radius 1 is 0.920 bits per heavy atom. The highest BCUT2D eigenvalue weighted by atomic mass is 16.1. The molecule has 0 unspecified atom stereocenters. The lowest BCUT2D eigenvalue weighted by Gasteiger charge is -2.07. The van der Waals surface area contributed by atoms with Crippen LogP contribution in [0.1, 0.15) is 27.6 Å². The lowest BCUT2D eigenvalue weighted by molar-refractivity contribution is 0.101. The van der Waals surface area contributed by atoms with Crippen molar-refractivity contribution in [3.63, 3.8) is 0 Å². The smallest absolute Gasteiger partial charge is 0.258 e. The van der Waals surface area contributed by atoms with E-state index in [0.717, 1.165) is 5.69 Å². The predicted octanol–water partition coefficient (Wildman–Crippen LogP) is 3.07. The summed E-state index contributed by atoms with van der Waals surface area (Å²) in [6.45, 7) is 1.51. The molecule has 2 N–H and O–H groups in total. The first-order chi connectivity index (χ1) is 12.1. The van der Waals surface area contributed by atoms with Gasteiger partial charge in [-0.25, -0.2) is 0 Å². The van der Waals surface area contributed by atoms with Gasteiger partial charge in [0, 0.05) is 23.6 Å². The van der Waals surface area contributed by atoms with E-state index < -0.39 is 0 Å². The second-order valence-corrected chi connectivity index (χ2v) is 5.26. The Labute approximate surface area is 144 Å². The monoisotopic (exact) mass is 333 g/mol. The number of nitrogens with zero attached hydrogens (tertiary/aromatic N) is 3. The van der Waals surface area contributed by atoms with E-state index in [1.54, 1.807) is 48.7 Å². The molecular formula is C18H15N5O2. The van der Waals surface area contributed by atoms with Gasteiger partial charge >= 0.3 is 0 Å². The normalized spacial score (nSPS) is 10.1. The summed E-state index contributed by atoms with van der Waals surface area (Å²) in [5.41, 5.74) is 1.78. The number of rotatable bonds is 5. The van der Waals surface area contributed by atoms with Gasteiger partial charge in [0.1, 0.15) is 0 Å². The molecule has 0 aliphatic rings. The highest BCUT2D eigenvalue weighted by Crippen LogP contribution is 2.17. The van der Waals surface area contributed by atoms with Crippen molar-refractivity contribution < 1.29 is 9.59 Å². The van der Waals surface area contributed by atoms with Gasteiger partial charge in [0.2, 0.25) is 0 Å². The fourth-order valence-corrected chi connectivity index (χ4v) is 2.11. The van der Waals surface area contributed by atoms with Gasteiger partial charge in [0.25, 0.3) is 5.91 Å². The van der Waals surface area contributed by atoms with Crippen LogP contribution in [0.15, 0.2) is 60.9 Å². The maximum absolute atomic E-state index is 12.0. The van der Waals surface area contributed by atoms with Crippen LogP contribution in [-0.4, -0.2) is 26.9 Å². The molecule has 0 radical (unpaired) electrons. The van der Waals surface area contributed by atoms with E-state index in [9.17, 15) is 9.59 Å². The lowest BCUT2D eigenvalue weighted by atomic mass is 10.1. The number of benzene rings is 1. The molecule has 7 nitrogen and oxygen atoms in total. The molecule has 3 rings (SSSR count). The molecular weight excluding hydrogens is 318 g/mol. The third-order valence-corrected chi connectivity index (χ3v) is 3.37. The fourth-order valence-electron chi connectivity index (χ4n) is 2.11. The van der Waals surface area contributed by atoms with Crippen LogP contribution in [0.2, 0.25) is 0 Å². The molecule has 0 saturated heterocycles. The number of nitrogens with one attached hydrogen (secondary N) is 2. The average Bonchev–Trinajstić information content (AvgIpc) is 2.64. The molecule has 124 valence electrons. The molecule has 0 aliphatic carbocycles. The fraction of sp³-hybridized carbons (Fsp3) is 0.0556. The van der Waals surface area contributed by atoms with E-state index in [-0.39, 0.29) is 11.7 Å². The zero-order chi connectivity index (χ0) is 17.6. The number of hydrogen-bond acceptors (Lipinski definition) is 6. The molecule has 25 heavy (non-hydrogen) atoms. The Hall–Kier alpha value is -3.61. The maximum Gasteiger partial charge on any atom is 0.258 e. The zero-order valence-corrected chi connectivity index (χ0v) is 13.4. The second kappa shape index (κ2) is 7.31. The van der Waals surface area contributed by atoms with E-state index >= 15 is 0 Å². The van der Waals surface area contributed by atoms with E-state index in [2.05, 4.69) is 25.8 Å². The molecule has 0 aliphatic heterocycles. The first-order valence-corrected chi connectivity index (χ1v) is 7.55. The summed E-state index contributed by atoms with van der Waals surface area (Å²) < 4.78 is 0. The standard InChI is InChI=1S/C18H15N5O2/c1-12(24)13-4-2-6-15(10-13)20-16-7-8-17(23-22-16)21-18(25)14-5-3-9-19-11-14/h2-11H,1H3,(H,20,22)(H,21,23,25). The molecule has 3 aromatic rings. The van der Waals surface area contributed by atoms with E-state index in [1.807, 2.05) is 6.07 Å². The van der Waals surface area contributed by atoms with Gasteiger partial charge in [-0.1, -0.05) is 12.1 Å². The third-order valence-electron chi connectivity index (χ3n) is 3.37.